The summed E-state index contributed by atoms with van der Waals surface area (Å²) in [5.41, 5.74) is 2.82. The number of esters is 1. The number of benzene rings is 1. The van der Waals surface area contributed by atoms with Crippen LogP contribution in [0, 0.1) is 0 Å². The van der Waals surface area contributed by atoms with Crippen LogP contribution >= 0.6 is 0 Å². The zero-order valence-corrected chi connectivity index (χ0v) is 15.3. The predicted molar refractivity (Wildman–Crippen MR) is 95.0 cm³/mol. The molecule has 1 aromatic carbocycles. The van der Waals surface area contributed by atoms with Gasteiger partial charge in [0, 0.05) is 6.08 Å². The lowest BCUT2D eigenvalue weighted by Crippen LogP contribution is -2.18. The average molecular weight is 318 g/mol. The zero-order valence-electron chi connectivity index (χ0n) is 15.3. The Morgan fingerprint density at radius 1 is 1.13 bits per heavy atom. The molecule has 1 N–H and O–H groups in total. The van der Waals surface area contributed by atoms with Crippen molar-refractivity contribution in [2.24, 2.45) is 0 Å². The molecular formula is C20H30O3. The summed E-state index contributed by atoms with van der Waals surface area (Å²) >= 11 is 0. The Morgan fingerprint density at radius 3 is 2.00 bits per heavy atom. The summed E-state index contributed by atoms with van der Waals surface area (Å²) < 4.78 is 5.03. The zero-order chi connectivity index (χ0) is 17.8. The van der Waals surface area contributed by atoms with Gasteiger partial charge in [0.25, 0.3) is 0 Å². The molecule has 0 spiro atoms. The van der Waals surface area contributed by atoms with Gasteiger partial charge in [0.15, 0.2) is 0 Å². The molecule has 0 bridgehead atoms. The normalized spacial score (nSPS) is 12.1. The quantitative estimate of drug-likeness (QED) is 0.488. The first-order valence-electron chi connectivity index (χ1n) is 8.13. The van der Waals surface area contributed by atoms with Crippen LogP contribution in [-0.2, 0) is 26.8 Å². The molecule has 0 amide bonds. The molecule has 0 aliphatic carbocycles. The van der Waals surface area contributed by atoms with Crippen molar-refractivity contribution in [3.05, 3.63) is 41.5 Å². The lowest BCUT2D eigenvalue weighted by molar-refractivity contribution is -0.137. The van der Waals surface area contributed by atoms with Gasteiger partial charge >= 0.3 is 5.97 Å². The standard InChI is InChI=1S/C20H30O3/c1-8-17(21)23-11-9-10-14-12-15(19(2,3)4)18(22)16(13-14)20(5,6)7/h8,12-13,22H,1,9-11H2,2-7H3. The molecule has 0 atom stereocenters. The van der Waals surface area contributed by atoms with Gasteiger partial charge in [-0.05, 0) is 40.4 Å². The van der Waals surface area contributed by atoms with Crippen molar-refractivity contribution in [2.45, 2.75) is 65.2 Å². The number of phenolic OH excluding ortho intramolecular Hbond substituents is 1. The Balaban J connectivity index is 3.04. The van der Waals surface area contributed by atoms with E-state index in [4.69, 9.17) is 4.74 Å². The first kappa shape index (κ1) is 19.3. The first-order valence-corrected chi connectivity index (χ1v) is 8.13. The fourth-order valence-corrected chi connectivity index (χ4v) is 2.49. The summed E-state index contributed by atoms with van der Waals surface area (Å²) in [5.74, 6) is 0.00769. The molecule has 0 fully saturated rings. The molecule has 128 valence electrons. The number of ether oxygens (including phenoxy) is 1. The lowest BCUT2D eigenvalue weighted by atomic mass is 9.78. The summed E-state index contributed by atoms with van der Waals surface area (Å²) in [6.07, 6.45) is 2.73. The van der Waals surface area contributed by atoms with Gasteiger partial charge in [0.05, 0.1) is 6.61 Å². The van der Waals surface area contributed by atoms with Gasteiger partial charge in [-0.1, -0.05) is 60.3 Å². The summed E-state index contributed by atoms with van der Waals surface area (Å²) in [6, 6.07) is 4.14. The second kappa shape index (κ2) is 7.20. The third-order valence-corrected chi connectivity index (χ3v) is 3.81. The molecule has 0 aliphatic rings. The van der Waals surface area contributed by atoms with Crippen molar-refractivity contribution in [3.8, 4) is 5.75 Å². The van der Waals surface area contributed by atoms with Crippen LogP contribution in [0.3, 0.4) is 0 Å². The highest BCUT2D eigenvalue weighted by Gasteiger charge is 2.26. The Labute approximate surface area is 140 Å². The predicted octanol–water partition coefficient (Wildman–Crippen LogP) is 4.65. The highest BCUT2D eigenvalue weighted by Crippen LogP contribution is 2.39. The molecule has 23 heavy (non-hydrogen) atoms. The van der Waals surface area contributed by atoms with E-state index in [1.807, 2.05) is 0 Å². The van der Waals surface area contributed by atoms with Gasteiger partial charge in [0.1, 0.15) is 5.75 Å². The van der Waals surface area contributed by atoms with Gasteiger partial charge in [-0.3, -0.25) is 0 Å². The smallest absolute Gasteiger partial charge is 0.330 e. The summed E-state index contributed by atoms with van der Waals surface area (Å²) in [4.78, 5) is 11.1. The van der Waals surface area contributed by atoms with Crippen LogP contribution < -0.4 is 0 Å². The van der Waals surface area contributed by atoms with Crippen LogP contribution in [0.2, 0.25) is 0 Å². The summed E-state index contributed by atoms with van der Waals surface area (Å²) in [6.45, 7) is 16.4. The van der Waals surface area contributed by atoms with Crippen LogP contribution in [-0.4, -0.2) is 17.7 Å². The highest BCUT2D eigenvalue weighted by molar-refractivity contribution is 5.81. The van der Waals surface area contributed by atoms with Crippen LogP contribution in [0.4, 0.5) is 0 Å². The minimum Gasteiger partial charge on any atom is -0.507 e. The Hall–Kier alpha value is -1.77. The molecule has 3 heteroatoms. The number of carbonyl (C=O) groups is 1. The fraction of sp³-hybridized carbons (Fsp3) is 0.550. The fourth-order valence-electron chi connectivity index (χ4n) is 2.49. The Kier molecular flexibility index (Phi) is 6.04. The minimum absolute atomic E-state index is 0.130. The van der Waals surface area contributed by atoms with Crippen molar-refractivity contribution in [3.63, 3.8) is 0 Å². The number of hydrogen-bond acceptors (Lipinski definition) is 3. The SMILES string of the molecule is C=CC(=O)OCCCc1cc(C(C)(C)C)c(O)c(C(C)(C)C)c1. The molecular weight excluding hydrogens is 288 g/mol. The monoisotopic (exact) mass is 318 g/mol. The number of aromatic hydroxyl groups is 1. The number of aryl methyl sites for hydroxylation is 1. The van der Waals surface area contributed by atoms with Crippen molar-refractivity contribution < 1.29 is 14.6 Å². The van der Waals surface area contributed by atoms with Crippen molar-refractivity contribution in [2.75, 3.05) is 6.61 Å². The van der Waals surface area contributed by atoms with Crippen LogP contribution in [0.5, 0.6) is 5.75 Å². The van der Waals surface area contributed by atoms with E-state index in [1.165, 1.54) is 6.08 Å². The number of phenols is 1. The van der Waals surface area contributed by atoms with Gasteiger partial charge in [0.2, 0.25) is 0 Å². The molecule has 0 heterocycles. The van der Waals surface area contributed by atoms with E-state index in [2.05, 4.69) is 60.3 Å². The number of carbonyl (C=O) groups excluding carboxylic acids is 1. The third-order valence-electron chi connectivity index (χ3n) is 3.81. The van der Waals surface area contributed by atoms with E-state index in [9.17, 15) is 9.90 Å². The van der Waals surface area contributed by atoms with E-state index >= 15 is 0 Å². The molecule has 0 saturated carbocycles. The topological polar surface area (TPSA) is 46.5 Å². The third kappa shape index (κ3) is 5.42. The second-order valence-electron chi connectivity index (χ2n) is 8.01. The van der Waals surface area contributed by atoms with E-state index in [1.54, 1.807) is 0 Å². The largest absolute Gasteiger partial charge is 0.507 e. The van der Waals surface area contributed by atoms with Crippen molar-refractivity contribution in [1.29, 1.82) is 0 Å². The van der Waals surface area contributed by atoms with Gasteiger partial charge in [-0.25, -0.2) is 4.79 Å². The number of rotatable bonds is 5. The minimum atomic E-state index is -0.388. The maximum absolute atomic E-state index is 11.1. The molecule has 3 nitrogen and oxygen atoms in total. The Bertz CT molecular complexity index is 537. The lowest BCUT2D eigenvalue weighted by Gasteiger charge is -2.28. The average Bonchev–Trinajstić information content (AvgIpc) is 2.41. The Morgan fingerprint density at radius 2 is 1.61 bits per heavy atom. The van der Waals surface area contributed by atoms with Crippen LogP contribution in [0.15, 0.2) is 24.8 Å². The summed E-state index contributed by atoms with van der Waals surface area (Å²) in [7, 11) is 0. The van der Waals surface area contributed by atoms with E-state index in [0.717, 1.165) is 29.5 Å². The van der Waals surface area contributed by atoms with Gasteiger partial charge < -0.3 is 9.84 Å². The second-order valence-corrected chi connectivity index (χ2v) is 8.01. The molecule has 0 saturated heterocycles. The number of hydrogen-bond donors (Lipinski definition) is 1. The molecule has 0 unspecified atom stereocenters. The van der Waals surface area contributed by atoms with Crippen LogP contribution in [0.1, 0.15) is 64.7 Å². The van der Waals surface area contributed by atoms with Crippen molar-refractivity contribution in [1.82, 2.24) is 0 Å². The van der Waals surface area contributed by atoms with E-state index in [0.29, 0.717) is 12.4 Å². The highest BCUT2D eigenvalue weighted by atomic mass is 16.5. The van der Waals surface area contributed by atoms with E-state index < -0.39 is 0 Å². The maximum atomic E-state index is 11.1. The van der Waals surface area contributed by atoms with Crippen molar-refractivity contribution >= 4 is 5.97 Å². The maximum Gasteiger partial charge on any atom is 0.330 e. The first-order chi connectivity index (χ1) is 10.5. The molecule has 0 aliphatic heterocycles. The van der Waals surface area contributed by atoms with Gasteiger partial charge in [-0.15, -0.1) is 0 Å². The summed E-state index contributed by atoms with van der Waals surface area (Å²) in [5, 5.41) is 10.7. The van der Waals surface area contributed by atoms with Gasteiger partial charge in [-0.2, -0.15) is 0 Å². The van der Waals surface area contributed by atoms with Crippen LogP contribution in [0.25, 0.3) is 0 Å². The van der Waals surface area contributed by atoms with E-state index in [-0.39, 0.29) is 16.8 Å². The molecule has 1 rings (SSSR count). The molecule has 0 radical (unpaired) electrons. The molecule has 0 aromatic heterocycles. The molecule has 1 aromatic rings.